The number of guanidine groups is 1. The molecule has 0 aromatic heterocycles. The van der Waals surface area contributed by atoms with E-state index >= 15 is 0 Å². The molecular formula is C22H38IN5O3. The number of methoxy groups -OCH3 is 2. The molecule has 2 aliphatic heterocycles. The third kappa shape index (κ3) is 6.52. The summed E-state index contributed by atoms with van der Waals surface area (Å²) < 4.78 is 16.4. The average Bonchev–Trinajstić information content (AvgIpc) is 3.25. The van der Waals surface area contributed by atoms with Crippen molar-refractivity contribution in [2.45, 2.75) is 30.8 Å². The van der Waals surface area contributed by atoms with Gasteiger partial charge in [0, 0.05) is 75.4 Å². The normalized spacial score (nSPS) is 20.9. The Kier molecular flexibility index (Phi) is 9.95. The van der Waals surface area contributed by atoms with Crippen molar-refractivity contribution in [3.05, 3.63) is 18.2 Å². The molecule has 1 aromatic rings. The van der Waals surface area contributed by atoms with Crippen LogP contribution in [-0.4, -0.2) is 90.7 Å². The highest BCUT2D eigenvalue weighted by atomic mass is 127. The second-order valence-corrected chi connectivity index (χ2v) is 8.30. The Morgan fingerprint density at radius 2 is 1.84 bits per heavy atom. The predicted molar refractivity (Wildman–Crippen MR) is 137 cm³/mol. The minimum absolute atomic E-state index is 0. The minimum Gasteiger partial charge on any atom is -0.497 e. The van der Waals surface area contributed by atoms with Gasteiger partial charge in [0.2, 0.25) is 0 Å². The van der Waals surface area contributed by atoms with E-state index in [1.54, 1.807) is 14.2 Å². The molecule has 9 heteroatoms. The van der Waals surface area contributed by atoms with Gasteiger partial charge in [-0.2, -0.15) is 0 Å². The number of ether oxygens (including phenoxy) is 3. The summed E-state index contributed by atoms with van der Waals surface area (Å²) in [6.07, 6.45) is 3.10. The zero-order valence-corrected chi connectivity index (χ0v) is 21.8. The summed E-state index contributed by atoms with van der Waals surface area (Å²) >= 11 is 0. The molecule has 1 unspecified atom stereocenters. The van der Waals surface area contributed by atoms with Gasteiger partial charge in [-0.25, -0.2) is 0 Å². The van der Waals surface area contributed by atoms with Crippen molar-refractivity contribution in [1.82, 2.24) is 15.5 Å². The summed E-state index contributed by atoms with van der Waals surface area (Å²) in [7, 11) is 9.51. The molecule has 0 aliphatic carbocycles. The van der Waals surface area contributed by atoms with Gasteiger partial charge in [-0.1, -0.05) is 0 Å². The van der Waals surface area contributed by atoms with Gasteiger partial charge in [0.15, 0.2) is 5.96 Å². The maximum Gasteiger partial charge on any atom is 0.191 e. The van der Waals surface area contributed by atoms with Crippen molar-refractivity contribution >= 4 is 35.6 Å². The molecule has 2 saturated heterocycles. The number of benzene rings is 1. The fourth-order valence-electron chi connectivity index (χ4n) is 4.26. The van der Waals surface area contributed by atoms with E-state index in [0.717, 1.165) is 75.3 Å². The summed E-state index contributed by atoms with van der Waals surface area (Å²) in [6.45, 7) is 4.36. The highest BCUT2D eigenvalue weighted by Gasteiger charge is 2.35. The van der Waals surface area contributed by atoms with Crippen LogP contribution in [0.5, 0.6) is 11.5 Å². The van der Waals surface area contributed by atoms with Gasteiger partial charge in [0.05, 0.1) is 14.2 Å². The summed E-state index contributed by atoms with van der Waals surface area (Å²) in [6, 6.07) is 6.35. The number of anilines is 1. The fraction of sp³-hybridized carbons (Fsp3) is 0.682. The fourth-order valence-corrected chi connectivity index (χ4v) is 4.26. The zero-order valence-electron chi connectivity index (χ0n) is 19.4. The number of likely N-dealkylation sites (N-methyl/N-ethyl adjacent to an activating group) is 1. The van der Waals surface area contributed by atoms with E-state index in [4.69, 9.17) is 14.2 Å². The lowest BCUT2D eigenvalue weighted by Crippen LogP contribution is -2.57. The lowest BCUT2D eigenvalue weighted by Gasteiger charge is -2.43. The smallest absolute Gasteiger partial charge is 0.191 e. The van der Waals surface area contributed by atoms with Crippen LogP contribution in [0.25, 0.3) is 0 Å². The van der Waals surface area contributed by atoms with Crippen molar-refractivity contribution in [2.24, 2.45) is 4.99 Å². The molecule has 2 N–H and O–H groups in total. The average molecular weight is 547 g/mol. The SMILES string of the molecule is CN=C(NCC1(N(C)C)CCOCC1)NC1CCN(c2cc(OC)cc(OC)c2)C1.I. The Labute approximate surface area is 203 Å². The molecule has 8 nitrogen and oxygen atoms in total. The van der Waals surface area contributed by atoms with Crippen LogP contribution in [-0.2, 0) is 4.74 Å². The Bertz CT molecular complexity index is 703. The molecular weight excluding hydrogens is 509 g/mol. The first-order chi connectivity index (χ1) is 14.5. The number of rotatable bonds is 7. The highest BCUT2D eigenvalue weighted by molar-refractivity contribution is 14.0. The van der Waals surface area contributed by atoms with E-state index in [9.17, 15) is 0 Å². The molecule has 2 fully saturated rings. The van der Waals surface area contributed by atoms with E-state index in [-0.39, 0.29) is 29.5 Å². The first-order valence-electron chi connectivity index (χ1n) is 10.7. The topological polar surface area (TPSA) is 70.6 Å². The first kappa shape index (κ1) is 25.8. The minimum atomic E-state index is 0. The van der Waals surface area contributed by atoms with E-state index in [0.29, 0.717) is 6.04 Å². The number of hydrogen-bond donors (Lipinski definition) is 2. The number of aliphatic imine (C=N–C) groups is 1. The molecule has 2 heterocycles. The van der Waals surface area contributed by atoms with Crippen LogP contribution in [0.15, 0.2) is 23.2 Å². The van der Waals surface area contributed by atoms with E-state index in [1.165, 1.54) is 0 Å². The van der Waals surface area contributed by atoms with Crippen molar-refractivity contribution in [1.29, 1.82) is 0 Å². The Hall–Kier alpha value is -1.46. The van der Waals surface area contributed by atoms with Gasteiger partial charge < -0.3 is 34.6 Å². The molecule has 1 atom stereocenters. The van der Waals surface area contributed by atoms with Gasteiger partial charge >= 0.3 is 0 Å². The monoisotopic (exact) mass is 547 g/mol. The lowest BCUT2D eigenvalue weighted by atomic mass is 9.88. The molecule has 0 saturated carbocycles. The molecule has 1 aromatic carbocycles. The van der Waals surface area contributed by atoms with Crippen molar-refractivity contribution < 1.29 is 14.2 Å². The molecule has 176 valence electrons. The molecule has 0 bridgehead atoms. The standard InChI is InChI=1S/C22H37N5O3.HI/c1-23-21(24-16-22(26(2)3)7-10-30-11-8-22)25-17-6-9-27(15-17)18-12-19(28-4)14-20(13-18)29-5;/h12-14,17H,6-11,15-16H2,1-5H3,(H2,23,24,25);1H. The highest BCUT2D eigenvalue weighted by Crippen LogP contribution is 2.30. The first-order valence-corrected chi connectivity index (χ1v) is 10.7. The quantitative estimate of drug-likeness (QED) is 0.308. The number of nitrogens with zero attached hydrogens (tertiary/aromatic N) is 3. The van der Waals surface area contributed by atoms with Crippen molar-refractivity contribution in [3.8, 4) is 11.5 Å². The second-order valence-electron chi connectivity index (χ2n) is 8.30. The Morgan fingerprint density at radius 1 is 1.19 bits per heavy atom. The second kappa shape index (κ2) is 12.0. The summed E-state index contributed by atoms with van der Waals surface area (Å²) in [4.78, 5) is 9.14. The van der Waals surface area contributed by atoms with Crippen LogP contribution in [0.2, 0.25) is 0 Å². The van der Waals surface area contributed by atoms with E-state index in [2.05, 4.69) is 51.7 Å². The molecule has 3 rings (SSSR count). The summed E-state index contributed by atoms with van der Waals surface area (Å²) in [5.74, 6) is 2.48. The maximum absolute atomic E-state index is 5.58. The van der Waals surface area contributed by atoms with Crippen LogP contribution >= 0.6 is 24.0 Å². The van der Waals surface area contributed by atoms with Crippen LogP contribution in [0.1, 0.15) is 19.3 Å². The number of hydrogen-bond acceptors (Lipinski definition) is 6. The molecule has 0 radical (unpaired) electrons. The molecule has 0 amide bonds. The van der Waals surface area contributed by atoms with E-state index < -0.39 is 0 Å². The molecule has 0 spiro atoms. The van der Waals surface area contributed by atoms with Gasteiger partial charge in [0.1, 0.15) is 11.5 Å². The third-order valence-electron chi connectivity index (χ3n) is 6.41. The number of nitrogens with one attached hydrogen (secondary N) is 2. The van der Waals surface area contributed by atoms with Crippen LogP contribution in [0.3, 0.4) is 0 Å². The van der Waals surface area contributed by atoms with Gasteiger partial charge in [-0.3, -0.25) is 4.99 Å². The zero-order chi connectivity index (χ0) is 21.6. The Morgan fingerprint density at radius 3 is 2.39 bits per heavy atom. The number of halogens is 1. The summed E-state index contributed by atoms with van der Waals surface area (Å²) in [5.41, 5.74) is 1.22. The predicted octanol–water partition coefficient (Wildman–Crippen LogP) is 2.18. The van der Waals surface area contributed by atoms with Gasteiger partial charge in [0.25, 0.3) is 0 Å². The Balaban J connectivity index is 0.00000341. The molecule has 31 heavy (non-hydrogen) atoms. The van der Waals surface area contributed by atoms with Gasteiger partial charge in [-0.05, 0) is 33.4 Å². The van der Waals surface area contributed by atoms with Crippen LogP contribution in [0.4, 0.5) is 5.69 Å². The van der Waals surface area contributed by atoms with Crippen molar-refractivity contribution in [3.63, 3.8) is 0 Å². The van der Waals surface area contributed by atoms with Crippen LogP contribution < -0.4 is 25.0 Å². The maximum atomic E-state index is 5.58. The van der Waals surface area contributed by atoms with Crippen LogP contribution in [0, 0.1) is 0 Å². The molecule has 2 aliphatic rings. The third-order valence-corrected chi connectivity index (χ3v) is 6.41. The van der Waals surface area contributed by atoms with Crippen molar-refractivity contribution in [2.75, 3.05) is 73.1 Å². The largest absolute Gasteiger partial charge is 0.497 e. The summed E-state index contributed by atoms with van der Waals surface area (Å²) in [5, 5.41) is 7.17. The lowest BCUT2D eigenvalue weighted by molar-refractivity contribution is -0.00502. The van der Waals surface area contributed by atoms with E-state index in [1.807, 2.05) is 13.1 Å². The van der Waals surface area contributed by atoms with Gasteiger partial charge in [-0.15, -0.1) is 24.0 Å².